The molecular weight excluding hydrogens is 300 g/mol. The molecule has 0 bridgehead atoms. The number of nitrogens with one attached hydrogen (secondary N) is 1. The van der Waals surface area contributed by atoms with Gasteiger partial charge in [0.2, 0.25) is 11.8 Å². The zero-order chi connectivity index (χ0) is 17.4. The van der Waals surface area contributed by atoms with Gasteiger partial charge in [-0.3, -0.25) is 9.59 Å². The Morgan fingerprint density at radius 3 is 2.25 bits per heavy atom. The van der Waals surface area contributed by atoms with Gasteiger partial charge >= 0.3 is 0 Å². The van der Waals surface area contributed by atoms with Crippen LogP contribution >= 0.6 is 0 Å². The van der Waals surface area contributed by atoms with E-state index in [1.54, 1.807) is 0 Å². The predicted molar refractivity (Wildman–Crippen MR) is 96.8 cm³/mol. The third kappa shape index (κ3) is 5.66. The van der Waals surface area contributed by atoms with Crippen LogP contribution in [0.2, 0.25) is 0 Å². The Morgan fingerprint density at radius 1 is 1.04 bits per heavy atom. The summed E-state index contributed by atoms with van der Waals surface area (Å²) in [4.78, 5) is 26.0. The number of piperidine rings is 1. The molecule has 1 fully saturated rings. The van der Waals surface area contributed by atoms with Crippen LogP contribution in [0.1, 0.15) is 57.1 Å². The van der Waals surface area contributed by atoms with Crippen LogP contribution < -0.4 is 5.32 Å². The lowest BCUT2D eigenvalue weighted by molar-refractivity contribution is -0.132. The standard InChI is InChI=1S/C20H30N2O2/c1-3-5-19(23)21-18-12-14-22(15-13-18)20(24)11-10-17-8-6-16(4-2)7-9-17/h6-9,18H,3-5,10-15H2,1-2H3,(H,21,23). The van der Waals surface area contributed by atoms with Crippen LogP contribution in [0.5, 0.6) is 0 Å². The Morgan fingerprint density at radius 2 is 1.67 bits per heavy atom. The zero-order valence-electron chi connectivity index (χ0n) is 15.0. The molecule has 4 heteroatoms. The molecule has 0 unspecified atom stereocenters. The summed E-state index contributed by atoms with van der Waals surface area (Å²) in [6, 6.07) is 8.77. The minimum atomic E-state index is 0.137. The number of carbonyl (C=O) groups is 2. The van der Waals surface area contributed by atoms with Gasteiger partial charge in [-0.1, -0.05) is 38.1 Å². The van der Waals surface area contributed by atoms with Crippen LogP contribution in [0, 0.1) is 0 Å². The third-order valence-corrected chi connectivity index (χ3v) is 4.75. The molecule has 1 aliphatic heterocycles. The normalized spacial score (nSPS) is 15.3. The van der Waals surface area contributed by atoms with E-state index < -0.39 is 0 Å². The van der Waals surface area contributed by atoms with E-state index in [2.05, 4.69) is 36.5 Å². The van der Waals surface area contributed by atoms with E-state index in [9.17, 15) is 9.59 Å². The fourth-order valence-corrected chi connectivity index (χ4v) is 3.15. The Bertz CT molecular complexity index is 531. The van der Waals surface area contributed by atoms with E-state index in [4.69, 9.17) is 0 Å². The summed E-state index contributed by atoms with van der Waals surface area (Å²) in [5.74, 6) is 0.366. The molecule has 2 rings (SSSR count). The number of likely N-dealkylation sites (tertiary alicyclic amines) is 1. The van der Waals surface area contributed by atoms with Crippen LogP contribution in [-0.2, 0) is 22.4 Å². The van der Waals surface area contributed by atoms with E-state index >= 15 is 0 Å². The zero-order valence-corrected chi connectivity index (χ0v) is 15.0. The summed E-state index contributed by atoms with van der Waals surface area (Å²) in [6.07, 6.45) is 5.62. The van der Waals surface area contributed by atoms with Crippen molar-refractivity contribution in [3.8, 4) is 0 Å². The van der Waals surface area contributed by atoms with Gasteiger partial charge in [0, 0.05) is 32.0 Å². The Labute approximate surface area is 145 Å². The lowest BCUT2D eigenvalue weighted by atomic mass is 10.0. The largest absolute Gasteiger partial charge is 0.353 e. The van der Waals surface area contributed by atoms with Gasteiger partial charge in [0.05, 0.1) is 0 Å². The summed E-state index contributed by atoms with van der Waals surface area (Å²) in [7, 11) is 0. The number of benzene rings is 1. The highest BCUT2D eigenvalue weighted by molar-refractivity contribution is 5.77. The first-order valence-electron chi connectivity index (χ1n) is 9.27. The second kappa shape index (κ2) is 9.45. The maximum Gasteiger partial charge on any atom is 0.222 e. The quantitative estimate of drug-likeness (QED) is 0.835. The van der Waals surface area contributed by atoms with Crippen molar-refractivity contribution < 1.29 is 9.59 Å². The third-order valence-electron chi connectivity index (χ3n) is 4.75. The number of rotatable bonds is 7. The molecule has 2 amide bonds. The Balaban J connectivity index is 1.71. The molecule has 0 aromatic heterocycles. The van der Waals surface area contributed by atoms with Crippen LogP contribution in [0.3, 0.4) is 0 Å². The Hall–Kier alpha value is -1.84. The second-order valence-electron chi connectivity index (χ2n) is 6.64. The number of nitrogens with zero attached hydrogens (tertiary/aromatic N) is 1. The van der Waals surface area contributed by atoms with Crippen molar-refractivity contribution in [3.05, 3.63) is 35.4 Å². The van der Waals surface area contributed by atoms with Crippen molar-refractivity contribution in [3.63, 3.8) is 0 Å². The van der Waals surface area contributed by atoms with E-state index in [-0.39, 0.29) is 17.9 Å². The van der Waals surface area contributed by atoms with Gasteiger partial charge in [-0.05, 0) is 43.2 Å². The number of carbonyl (C=O) groups excluding carboxylic acids is 2. The number of hydrogen-bond acceptors (Lipinski definition) is 2. The lowest BCUT2D eigenvalue weighted by Gasteiger charge is -2.32. The highest BCUT2D eigenvalue weighted by Gasteiger charge is 2.23. The molecule has 0 saturated carbocycles. The van der Waals surface area contributed by atoms with Crippen molar-refractivity contribution in [1.29, 1.82) is 0 Å². The summed E-state index contributed by atoms with van der Waals surface area (Å²) in [5, 5.41) is 3.07. The SMILES string of the molecule is CCCC(=O)NC1CCN(C(=O)CCc2ccc(CC)cc2)CC1. The van der Waals surface area contributed by atoms with E-state index in [0.717, 1.165) is 45.2 Å². The first kappa shape index (κ1) is 18.5. The summed E-state index contributed by atoms with van der Waals surface area (Å²) in [5.41, 5.74) is 2.56. The Kier molecular flexibility index (Phi) is 7.29. The lowest BCUT2D eigenvalue weighted by Crippen LogP contribution is -2.46. The first-order chi connectivity index (χ1) is 11.6. The number of aryl methyl sites for hydroxylation is 2. The summed E-state index contributed by atoms with van der Waals surface area (Å²) >= 11 is 0. The van der Waals surface area contributed by atoms with E-state index in [1.807, 2.05) is 11.8 Å². The number of amides is 2. The molecule has 0 spiro atoms. The van der Waals surface area contributed by atoms with Gasteiger partial charge in [0.1, 0.15) is 0 Å². The van der Waals surface area contributed by atoms with Crippen molar-refractivity contribution >= 4 is 11.8 Å². The van der Waals surface area contributed by atoms with Crippen LogP contribution in [0.15, 0.2) is 24.3 Å². The van der Waals surface area contributed by atoms with Crippen molar-refractivity contribution in [2.75, 3.05) is 13.1 Å². The second-order valence-corrected chi connectivity index (χ2v) is 6.64. The van der Waals surface area contributed by atoms with Gasteiger partial charge in [0.25, 0.3) is 0 Å². The molecule has 1 N–H and O–H groups in total. The monoisotopic (exact) mass is 330 g/mol. The molecular formula is C20H30N2O2. The molecule has 0 atom stereocenters. The van der Waals surface area contributed by atoms with Gasteiger partial charge in [0.15, 0.2) is 0 Å². The van der Waals surface area contributed by atoms with Gasteiger partial charge in [-0.15, -0.1) is 0 Å². The summed E-state index contributed by atoms with van der Waals surface area (Å²) in [6.45, 7) is 5.67. The molecule has 0 aliphatic carbocycles. The minimum absolute atomic E-state index is 0.137. The topological polar surface area (TPSA) is 49.4 Å². The molecule has 132 valence electrons. The van der Waals surface area contributed by atoms with Gasteiger partial charge in [-0.2, -0.15) is 0 Å². The average molecular weight is 330 g/mol. The predicted octanol–water partition coefficient (Wildman–Crippen LogP) is 3.09. The van der Waals surface area contributed by atoms with E-state index in [0.29, 0.717) is 12.8 Å². The van der Waals surface area contributed by atoms with Crippen LogP contribution in [0.25, 0.3) is 0 Å². The fourth-order valence-electron chi connectivity index (χ4n) is 3.15. The molecule has 24 heavy (non-hydrogen) atoms. The fraction of sp³-hybridized carbons (Fsp3) is 0.600. The number of hydrogen-bond donors (Lipinski definition) is 1. The molecule has 1 aromatic rings. The van der Waals surface area contributed by atoms with Crippen molar-refractivity contribution in [2.24, 2.45) is 0 Å². The minimum Gasteiger partial charge on any atom is -0.353 e. The highest BCUT2D eigenvalue weighted by Crippen LogP contribution is 2.14. The molecule has 4 nitrogen and oxygen atoms in total. The highest BCUT2D eigenvalue weighted by atomic mass is 16.2. The molecule has 1 heterocycles. The van der Waals surface area contributed by atoms with Gasteiger partial charge in [-0.25, -0.2) is 0 Å². The first-order valence-corrected chi connectivity index (χ1v) is 9.27. The average Bonchev–Trinajstić information content (AvgIpc) is 2.61. The maximum absolute atomic E-state index is 12.4. The van der Waals surface area contributed by atoms with Crippen LogP contribution in [0.4, 0.5) is 0 Å². The van der Waals surface area contributed by atoms with Crippen LogP contribution in [-0.4, -0.2) is 35.8 Å². The summed E-state index contributed by atoms with van der Waals surface area (Å²) < 4.78 is 0. The van der Waals surface area contributed by atoms with Gasteiger partial charge < -0.3 is 10.2 Å². The van der Waals surface area contributed by atoms with E-state index in [1.165, 1.54) is 11.1 Å². The maximum atomic E-state index is 12.4. The van der Waals surface area contributed by atoms with Crippen molar-refractivity contribution in [2.45, 2.75) is 64.8 Å². The molecule has 0 radical (unpaired) electrons. The van der Waals surface area contributed by atoms with Crippen molar-refractivity contribution in [1.82, 2.24) is 10.2 Å². The molecule has 1 saturated heterocycles. The molecule has 1 aromatic carbocycles. The smallest absolute Gasteiger partial charge is 0.222 e. The molecule has 1 aliphatic rings.